The van der Waals surface area contributed by atoms with Crippen molar-refractivity contribution in [2.75, 3.05) is 19.8 Å². The molecule has 5 nitrogen and oxygen atoms in total. The molecule has 82 valence electrons. The quantitative estimate of drug-likeness (QED) is 0.598. The summed E-state index contributed by atoms with van der Waals surface area (Å²) in [5.74, 6) is -0.0840. The Hall–Kier alpha value is -0.650. The van der Waals surface area contributed by atoms with Crippen molar-refractivity contribution < 1.29 is 14.6 Å². The topological polar surface area (TPSA) is 75.8 Å². The van der Waals surface area contributed by atoms with Gasteiger partial charge in [-0.15, -0.1) is 0 Å². The van der Waals surface area contributed by atoms with Crippen molar-refractivity contribution in [3.8, 4) is 0 Å². The number of nitrogens with zero attached hydrogens (tertiary/aromatic N) is 1. The van der Waals surface area contributed by atoms with Gasteiger partial charge >= 0.3 is 0 Å². The number of aliphatic hydroxyl groups excluding tert-OH is 1. The molecule has 0 saturated carbocycles. The second-order valence-electron chi connectivity index (χ2n) is 3.77. The van der Waals surface area contributed by atoms with Crippen LogP contribution in [0.25, 0.3) is 0 Å². The van der Waals surface area contributed by atoms with Crippen molar-refractivity contribution in [1.82, 2.24) is 4.90 Å². The van der Waals surface area contributed by atoms with Crippen LogP contribution in [0, 0.1) is 0 Å². The summed E-state index contributed by atoms with van der Waals surface area (Å²) in [5.41, 5.74) is 5.52. The van der Waals surface area contributed by atoms with E-state index in [9.17, 15) is 4.79 Å². The fraction of sp³-hybridized carbons (Fsp3) is 0.889. The molecule has 14 heavy (non-hydrogen) atoms. The van der Waals surface area contributed by atoms with Gasteiger partial charge in [-0.25, -0.2) is 0 Å². The maximum absolute atomic E-state index is 11.6. The van der Waals surface area contributed by atoms with Crippen LogP contribution < -0.4 is 5.73 Å². The predicted molar refractivity (Wildman–Crippen MR) is 51.7 cm³/mol. The number of carbonyl (C=O) groups is 1. The molecule has 0 bridgehead atoms. The lowest BCUT2D eigenvalue weighted by molar-refractivity contribution is -0.147. The van der Waals surface area contributed by atoms with Crippen molar-refractivity contribution in [3.05, 3.63) is 0 Å². The standard InChI is InChI=1S/C9H18N2O3/c1-6-5-14-8(4-12)3-11(6)9(13)7(2)10/h6-8,12H,3-5,10H2,1-2H3/t6?,7-,8?/m0/s1. The second kappa shape index (κ2) is 4.72. The Labute approximate surface area is 83.8 Å². The van der Waals surface area contributed by atoms with Crippen LogP contribution in [-0.4, -0.2) is 53.9 Å². The van der Waals surface area contributed by atoms with Crippen LogP contribution in [0.2, 0.25) is 0 Å². The molecular weight excluding hydrogens is 184 g/mol. The van der Waals surface area contributed by atoms with E-state index in [1.54, 1.807) is 11.8 Å². The Morgan fingerprint density at radius 1 is 1.79 bits per heavy atom. The zero-order valence-corrected chi connectivity index (χ0v) is 8.64. The van der Waals surface area contributed by atoms with Crippen molar-refractivity contribution in [3.63, 3.8) is 0 Å². The minimum Gasteiger partial charge on any atom is -0.394 e. The normalized spacial score (nSPS) is 30.1. The third-order valence-electron chi connectivity index (χ3n) is 2.38. The lowest BCUT2D eigenvalue weighted by Gasteiger charge is -2.38. The SMILES string of the molecule is CC1COC(CO)CN1C(=O)[C@H](C)N. The average molecular weight is 202 g/mol. The van der Waals surface area contributed by atoms with Crippen LogP contribution in [0.15, 0.2) is 0 Å². The van der Waals surface area contributed by atoms with E-state index in [1.165, 1.54) is 0 Å². The third-order valence-corrected chi connectivity index (χ3v) is 2.38. The maximum Gasteiger partial charge on any atom is 0.239 e. The number of aliphatic hydroxyl groups is 1. The summed E-state index contributed by atoms with van der Waals surface area (Å²) in [6.45, 7) is 4.41. The molecule has 0 aromatic carbocycles. The number of amides is 1. The Morgan fingerprint density at radius 3 is 2.93 bits per heavy atom. The monoisotopic (exact) mass is 202 g/mol. The highest BCUT2D eigenvalue weighted by Crippen LogP contribution is 2.12. The molecule has 0 aromatic heterocycles. The van der Waals surface area contributed by atoms with Crippen LogP contribution >= 0.6 is 0 Å². The highest BCUT2D eigenvalue weighted by molar-refractivity contribution is 5.81. The van der Waals surface area contributed by atoms with Gasteiger partial charge in [-0.2, -0.15) is 0 Å². The maximum atomic E-state index is 11.6. The van der Waals surface area contributed by atoms with Gasteiger partial charge in [-0.3, -0.25) is 4.79 Å². The minimum atomic E-state index is -0.491. The number of rotatable bonds is 2. The molecule has 0 radical (unpaired) electrons. The number of carbonyl (C=O) groups excluding carboxylic acids is 1. The van der Waals surface area contributed by atoms with E-state index < -0.39 is 6.04 Å². The first-order chi connectivity index (χ1) is 6.56. The Kier molecular flexibility index (Phi) is 3.86. The van der Waals surface area contributed by atoms with Gasteiger partial charge in [0.1, 0.15) is 0 Å². The zero-order chi connectivity index (χ0) is 10.7. The van der Waals surface area contributed by atoms with Crippen molar-refractivity contribution in [1.29, 1.82) is 0 Å². The fourth-order valence-corrected chi connectivity index (χ4v) is 1.50. The Balaban J connectivity index is 2.60. The number of ether oxygens (including phenoxy) is 1. The molecule has 3 atom stereocenters. The number of morpholine rings is 1. The summed E-state index contributed by atoms with van der Waals surface area (Å²) in [7, 11) is 0. The smallest absolute Gasteiger partial charge is 0.239 e. The zero-order valence-electron chi connectivity index (χ0n) is 8.64. The van der Waals surface area contributed by atoms with Gasteiger partial charge in [0.25, 0.3) is 0 Å². The first-order valence-electron chi connectivity index (χ1n) is 4.84. The summed E-state index contributed by atoms with van der Waals surface area (Å²) in [6, 6.07) is -0.453. The van der Waals surface area contributed by atoms with Gasteiger partial charge in [-0.1, -0.05) is 0 Å². The lowest BCUT2D eigenvalue weighted by atomic mass is 10.1. The molecule has 1 saturated heterocycles. The predicted octanol–water partition coefficient (Wildman–Crippen LogP) is -1.06. The molecular formula is C9H18N2O3. The molecule has 3 N–H and O–H groups in total. The summed E-state index contributed by atoms with van der Waals surface area (Å²) >= 11 is 0. The third kappa shape index (κ3) is 2.43. The van der Waals surface area contributed by atoms with E-state index in [-0.39, 0.29) is 24.7 Å². The second-order valence-corrected chi connectivity index (χ2v) is 3.77. The molecule has 5 heteroatoms. The largest absolute Gasteiger partial charge is 0.394 e. The molecule has 1 heterocycles. The van der Waals surface area contributed by atoms with E-state index >= 15 is 0 Å². The highest BCUT2D eigenvalue weighted by atomic mass is 16.5. The number of nitrogens with two attached hydrogens (primary N) is 1. The van der Waals surface area contributed by atoms with E-state index in [0.29, 0.717) is 13.2 Å². The molecule has 0 spiro atoms. The summed E-state index contributed by atoms with van der Waals surface area (Å²) in [4.78, 5) is 13.3. The number of hydrogen-bond acceptors (Lipinski definition) is 4. The fourth-order valence-electron chi connectivity index (χ4n) is 1.50. The van der Waals surface area contributed by atoms with Crippen molar-refractivity contribution in [2.45, 2.75) is 32.0 Å². The van der Waals surface area contributed by atoms with Crippen LogP contribution in [0.1, 0.15) is 13.8 Å². The molecule has 2 unspecified atom stereocenters. The summed E-state index contributed by atoms with van der Waals surface area (Å²) in [5, 5.41) is 8.92. The van der Waals surface area contributed by atoms with Crippen LogP contribution in [0.3, 0.4) is 0 Å². The first kappa shape index (κ1) is 11.4. The van der Waals surface area contributed by atoms with Crippen molar-refractivity contribution in [2.24, 2.45) is 5.73 Å². The van der Waals surface area contributed by atoms with Crippen LogP contribution in [-0.2, 0) is 9.53 Å². The minimum absolute atomic E-state index is 0.0382. The summed E-state index contributed by atoms with van der Waals surface area (Å²) in [6.07, 6.45) is -0.270. The van der Waals surface area contributed by atoms with Gasteiger partial charge < -0.3 is 20.5 Å². The van der Waals surface area contributed by atoms with Gasteiger partial charge in [0.15, 0.2) is 0 Å². The molecule has 1 fully saturated rings. The highest BCUT2D eigenvalue weighted by Gasteiger charge is 2.30. The lowest BCUT2D eigenvalue weighted by Crippen LogP contribution is -2.55. The van der Waals surface area contributed by atoms with E-state index in [4.69, 9.17) is 15.6 Å². The van der Waals surface area contributed by atoms with E-state index in [2.05, 4.69) is 0 Å². The molecule has 1 amide bonds. The first-order valence-corrected chi connectivity index (χ1v) is 4.84. The van der Waals surface area contributed by atoms with E-state index in [1.807, 2.05) is 6.92 Å². The van der Waals surface area contributed by atoms with Crippen LogP contribution in [0.5, 0.6) is 0 Å². The van der Waals surface area contributed by atoms with Crippen molar-refractivity contribution >= 4 is 5.91 Å². The van der Waals surface area contributed by atoms with Gasteiger partial charge in [-0.05, 0) is 13.8 Å². The molecule has 0 aromatic rings. The van der Waals surface area contributed by atoms with Gasteiger partial charge in [0.2, 0.25) is 5.91 Å². The summed E-state index contributed by atoms with van der Waals surface area (Å²) < 4.78 is 5.31. The van der Waals surface area contributed by atoms with Gasteiger partial charge in [0, 0.05) is 6.54 Å². The molecule has 1 aliphatic heterocycles. The Morgan fingerprint density at radius 2 is 2.43 bits per heavy atom. The average Bonchev–Trinajstić information content (AvgIpc) is 2.17. The Bertz CT molecular complexity index is 208. The number of hydrogen-bond donors (Lipinski definition) is 2. The molecule has 1 rings (SSSR count). The van der Waals surface area contributed by atoms with Gasteiger partial charge in [0.05, 0.1) is 31.4 Å². The van der Waals surface area contributed by atoms with E-state index in [0.717, 1.165) is 0 Å². The molecule has 0 aliphatic carbocycles. The van der Waals surface area contributed by atoms with Crippen LogP contribution in [0.4, 0.5) is 0 Å². The molecule has 1 aliphatic rings.